The number of ether oxygens (including phenoxy) is 1. The van der Waals surface area contributed by atoms with Crippen LogP contribution in [0.2, 0.25) is 0 Å². The molecule has 2 aromatic rings. The van der Waals surface area contributed by atoms with Crippen molar-refractivity contribution < 1.29 is 9.53 Å². The van der Waals surface area contributed by atoms with Crippen molar-refractivity contribution in [3.63, 3.8) is 0 Å². The molecule has 1 aliphatic heterocycles. The fourth-order valence-electron chi connectivity index (χ4n) is 2.26. The van der Waals surface area contributed by atoms with E-state index >= 15 is 0 Å². The summed E-state index contributed by atoms with van der Waals surface area (Å²) in [7, 11) is 0. The molecule has 0 aliphatic carbocycles. The highest BCUT2D eigenvalue weighted by atomic mass is 16.5. The molecule has 0 spiro atoms. The SMILES string of the molecule is O=C(NCc1cnccn1)C1NCCOc2ccccc21. The summed E-state index contributed by atoms with van der Waals surface area (Å²) in [6.45, 7) is 1.52. The Morgan fingerprint density at radius 2 is 2.29 bits per heavy atom. The second-order valence-electron chi connectivity index (χ2n) is 4.69. The molecule has 21 heavy (non-hydrogen) atoms. The second-order valence-corrected chi connectivity index (χ2v) is 4.69. The van der Waals surface area contributed by atoms with Crippen LogP contribution >= 0.6 is 0 Å². The summed E-state index contributed by atoms with van der Waals surface area (Å²) in [6, 6.07) is 7.17. The normalized spacial score (nSPS) is 17.2. The van der Waals surface area contributed by atoms with Gasteiger partial charge < -0.3 is 10.1 Å². The van der Waals surface area contributed by atoms with Crippen molar-refractivity contribution in [2.75, 3.05) is 13.2 Å². The number of nitrogens with one attached hydrogen (secondary N) is 2. The van der Waals surface area contributed by atoms with Gasteiger partial charge in [-0.3, -0.25) is 20.1 Å². The van der Waals surface area contributed by atoms with Gasteiger partial charge in [-0.1, -0.05) is 18.2 Å². The fraction of sp³-hybridized carbons (Fsp3) is 0.267. The molecule has 1 unspecified atom stereocenters. The number of nitrogens with zero attached hydrogens (tertiary/aromatic N) is 2. The first-order valence-corrected chi connectivity index (χ1v) is 6.82. The van der Waals surface area contributed by atoms with Crippen LogP contribution in [-0.2, 0) is 11.3 Å². The Hall–Kier alpha value is -2.47. The van der Waals surface area contributed by atoms with Gasteiger partial charge in [-0.2, -0.15) is 0 Å². The van der Waals surface area contributed by atoms with E-state index in [1.54, 1.807) is 18.6 Å². The van der Waals surface area contributed by atoms with Gasteiger partial charge in [0.1, 0.15) is 18.4 Å². The van der Waals surface area contributed by atoms with Gasteiger partial charge in [0.25, 0.3) is 0 Å². The lowest BCUT2D eigenvalue weighted by atomic mass is 10.1. The van der Waals surface area contributed by atoms with Crippen LogP contribution in [0, 0.1) is 0 Å². The van der Waals surface area contributed by atoms with Gasteiger partial charge in [-0.15, -0.1) is 0 Å². The van der Waals surface area contributed by atoms with Gasteiger partial charge >= 0.3 is 0 Å². The molecule has 1 atom stereocenters. The average molecular weight is 284 g/mol. The van der Waals surface area contributed by atoms with Crippen LogP contribution in [0.15, 0.2) is 42.9 Å². The maximum atomic E-state index is 12.4. The number of aromatic nitrogens is 2. The summed E-state index contributed by atoms with van der Waals surface area (Å²) in [6.07, 6.45) is 4.85. The molecular formula is C15H16N4O2. The quantitative estimate of drug-likeness (QED) is 0.872. The summed E-state index contributed by atoms with van der Waals surface area (Å²) in [5.74, 6) is 0.653. The lowest BCUT2D eigenvalue weighted by Gasteiger charge is -2.17. The van der Waals surface area contributed by atoms with Crippen molar-refractivity contribution >= 4 is 5.91 Å². The standard InChI is InChI=1S/C15H16N4O2/c20-15(19-10-11-9-16-5-6-17-11)14-12-3-1-2-4-13(12)21-8-7-18-14/h1-6,9,14,18H,7-8,10H2,(H,19,20). The number of benzene rings is 1. The molecule has 0 bridgehead atoms. The van der Waals surface area contributed by atoms with Crippen molar-refractivity contribution in [2.24, 2.45) is 0 Å². The summed E-state index contributed by atoms with van der Waals surface area (Å²) in [4.78, 5) is 20.5. The van der Waals surface area contributed by atoms with Crippen molar-refractivity contribution in [3.8, 4) is 5.75 Å². The van der Waals surface area contributed by atoms with E-state index in [0.29, 0.717) is 19.7 Å². The highest BCUT2D eigenvalue weighted by Gasteiger charge is 2.25. The highest BCUT2D eigenvalue weighted by Crippen LogP contribution is 2.26. The molecule has 1 aromatic heterocycles. The maximum absolute atomic E-state index is 12.4. The molecule has 6 nitrogen and oxygen atoms in total. The van der Waals surface area contributed by atoms with E-state index in [4.69, 9.17) is 4.74 Å². The third kappa shape index (κ3) is 3.17. The topological polar surface area (TPSA) is 76.1 Å². The van der Waals surface area contributed by atoms with E-state index in [2.05, 4.69) is 20.6 Å². The van der Waals surface area contributed by atoms with Crippen LogP contribution in [0.3, 0.4) is 0 Å². The predicted octanol–water partition coefficient (Wildman–Crippen LogP) is 0.816. The number of carbonyl (C=O) groups excluding carboxylic acids is 1. The zero-order valence-corrected chi connectivity index (χ0v) is 11.5. The summed E-state index contributed by atoms with van der Waals surface area (Å²) in [5, 5.41) is 6.08. The Morgan fingerprint density at radius 3 is 3.14 bits per heavy atom. The van der Waals surface area contributed by atoms with E-state index < -0.39 is 6.04 Å². The van der Waals surface area contributed by atoms with Crippen molar-refractivity contribution in [3.05, 3.63) is 54.1 Å². The molecule has 0 saturated carbocycles. The number of fused-ring (bicyclic) bond motifs is 1. The minimum absolute atomic E-state index is 0.0985. The monoisotopic (exact) mass is 284 g/mol. The Balaban J connectivity index is 1.72. The highest BCUT2D eigenvalue weighted by molar-refractivity contribution is 5.84. The largest absolute Gasteiger partial charge is 0.492 e. The Morgan fingerprint density at radius 1 is 1.38 bits per heavy atom. The molecule has 1 aromatic carbocycles. The molecule has 2 heterocycles. The van der Waals surface area contributed by atoms with Gasteiger partial charge in [0, 0.05) is 24.5 Å². The van der Waals surface area contributed by atoms with Crippen molar-refractivity contribution in [1.29, 1.82) is 0 Å². The number of rotatable bonds is 3. The van der Waals surface area contributed by atoms with E-state index in [1.165, 1.54) is 0 Å². The third-order valence-electron chi connectivity index (χ3n) is 3.26. The van der Waals surface area contributed by atoms with Gasteiger partial charge in [0.2, 0.25) is 5.91 Å². The molecule has 108 valence electrons. The van der Waals surface area contributed by atoms with Gasteiger partial charge in [-0.25, -0.2) is 0 Å². The van der Waals surface area contributed by atoms with Crippen LogP contribution in [0.4, 0.5) is 0 Å². The van der Waals surface area contributed by atoms with Crippen LogP contribution in [0.1, 0.15) is 17.3 Å². The summed E-state index contributed by atoms with van der Waals surface area (Å²) < 4.78 is 5.63. The van der Waals surface area contributed by atoms with Gasteiger partial charge in [0.05, 0.1) is 18.4 Å². The fourth-order valence-corrected chi connectivity index (χ4v) is 2.26. The van der Waals surface area contributed by atoms with Gasteiger partial charge in [-0.05, 0) is 6.07 Å². The zero-order chi connectivity index (χ0) is 14.5. The number of hydrogen-bond acceptors (Lipinski definition) is 5. The minimum atomic E-state index is -0.416. The molecule has 3 rings (SSSR count). The Labute approximate surface area is 122 Å². The predicted molar refractivity (Wildman–Crippen MR) is 76.6 cm³/mol. The number of para-hydroxylation sites is 1. The third-order valence-corrected chi connectivity index (χ3v) is 3.26. The number of carbonyl (C=O) groups is 1. The molecule has 1 aliphatic rings. The molecule has 0 fully saturated rings. The average Bonchev–Trinajstić information content (AvgIpc) is 2.76. The Bertz CT molecular complexity index is 618. The molecule has 0 radical (unpaired) electrons. The molecular weight excluding hydrogens is 268 g/mol. The first-order chi connectivity index (χ1) is 10.3. The first kappa shape index (κ1) is 13.5. The molecule has 0 saturated heterocycles. The molecule has 6 heteroatoms. The van der Waals surface area contributed by atoms with Crippen LogP contribution in [0.25, 0.3) is 0 Å². The van der Waals surface area contributed by atoms with E-state index in [0.717, 1.165) is 17.0 Å². The van der Waals surface area contributed by atoms with E-state index in [1.807, 2.05) is 24.3 Å². The Kier molecular flexibility index (Phi) is 4.07. The summed E-state index contributed by atoms with van der Waals surface area (Å²) in [5.41, 5.74) is 1.58. The maximum Gasteiger partial charge on any atom is 0.242 e. The lowest BCUT2D eigenvalue weighted by molar-refractivity contribution is -0.123. The van der Waals surface area contributed by atoms with E-state index in [-0.39, 0.29) is 5.91 Å². The minimum Gasteiger partial charge on any atom is -0.492 e. The van der Waals surface area contributed by atoms with Crippen molar-refractivity contribution in [2.45, 2.75) is 12.6 Å². The van der Waals surface area contributed by atoms with Crippen molar-refractivity contribution in [1.82, 2.24) is 20.6 Å². The van der Waals surface area contributed by atoms with Crippen LogP contribution in [-0.4, -0.2) is 29.0 Å². The van der Waals surface area contributed by atoms with Gasteiger partial charge in [0.15, 0.2) is 0 Å². The summed E-state index contributed by atoms with van der Waals surface area (Å²) >= 11 is 0. The number of hydrogen-bond donors (Lipinski definition) is 2. The second kappa shape index (κ2) is 6.32. The number of amides is 1. The smallest absolute Gasteiger partial charge is 0.242 e. The lowest BCUT2D eigenvalue weighted by Crippen LogP contribution is -2.37. The van der Waals surface area contributed by atoms with Crippen LogP contribution in [0.5, 0.6) is 5.75 Å². The van der Waals surface area contributed by atoms with E-state index in [9.17, 15) is 4.79 Å². The molecule has 1 amide bonds. The zero-order valence-electron chi connectivity index (χ0n) is 11.5. The first-order valence-electron chi connectivity index (χ1n) is 6.82. The van der Waals surface area contributed by atoms with Crippen LogP contribution < -0.4 is 15.4 Å². The molecule has 2 N–H and O–H groups in total.